The van der Waals surface area contributed by atoms with Crippen molar-refractivity contribution in [3.63, 3.8) is 0 Å². The first kappa shape index (κ1) is 22.5. The third-order valence-corrected chi connectivity index (χ3v) is 7.36. The molecule has 2 aliphatic heterocycles. The molecule has 4 atom stereocenters. The Morgan fingerprint density at radius 2 is 1.75 bits per heavy atom. The summed E-state index contributed by atoms with van der Waals surface area (Å²) in [4.78, 5) is 13.3. The van der Waals surface area contributed by atoms with Crippen molar-refractivity contribution in [1.29, 1.82) is 0 Å². The summed E-state index contributed by atoms with van der Waals surface area (Å²) in [5, 5.41) is 19.3. The van der Waals surface area contributed by atoms with Crippen molar-refractivity contribution in [2.45, 2.75) is 31.7 Å². The van der Waals surface area contributed by atoms with Crippen molar-refractivity contribution in [2.75, 3.05) is 27.6 Å². The van der Waals surface area contributed by atoms with E-state index in [0.717, 1.165) is 35.2 Å². The Kier molecular flexibility index (Phi) is 5.39. The molecule has 1 fully saturated rings. The number of rotatable bonds is 6. The van der Waals surface area contributed by atoms with Crippen molar-refractivity contribution in [1.82, 2.24) is 15.0 Å². The number of phenols is 1. The Morgan fingerprint density at radius 3 is 2.42 bits per heavy atom. The van der Waals surface area contributed by atoms with Crippen molar-refractivity contribution in [3.05, 3.63) is 52.8 Å². The standard InChI is InChI=1S/C26H27N3O7/c1-4-5-14-10-29(28-27-14)24-16-9-19-18(35-12-36-19)8-15(16)22(23-17(24)11-34-26(23)31)13-6-20(32-2)25(30)21(7-13)33-3/h6-10,17,22-24,30H,4-5,11-12H2,1-3H3/t17-,22+,23-,24+/m0/s1. The van der Waals surface area contributed by atoms with Gasteiger partial charge in [0.05, 0.1) is 38.5 Å². The van der Waals surface area contributed by atoms with Gasteiger partial charge in [-0.05, 0) is 47.4 Å². The smallest absolute Gasteiger partial charge is 0.310 e. The van der Waals surface area contributed by atoms with Gasteiger partial charge < -0.3 is 28.8 Å². The van der Waals surface area contributed by atoms with Crippen LogP contribution in [0.3, 0.4) is 0 Å². The lowest BCUT2D eigenvalue weighted by molar-refractivity contribution is -0.141. The number of benzene rings is 2. The van der Waals surface area contributed by atoms with Crippen LogP contribution in [0.15, 0.2) is 30.5 Å². The molecule has 0 saturated carbocycles. The highest BCUT2D eigenvalue weighted by atomic mass is 16.7. The van der Waals surface area contributed by atoms with E-state index in [-0.39, 0.29) is 48.6 Å². The summed E-state index contributed by atoms with van der Waals surface area (Å²) < 4.78 is 29.8. The summed E-state index contributed by atoms with van der Waals surface area (Å²) in [5.41, 5.74) is 3.52. The van der Waals surface area contributed by atoms with Gasteiger partial charge in [0.1, 0.15) is 0 Å². The summed E-state index contributed by atoms with van der Waals surface area (Å²) >= 11 is 0. The highest BCUT2D eigenvalue weighted by Gasteiger charge is 2.53. The molecule has 188 valence electrons. The molecule has 0 radical (unpaired) electrons. The van der Waals surface area contributed by atoms with Gasteiger partial charge in [0, 0.05) is 18.0 Å². The maximum atomic E-state index is 13.3. The van der Waals surface area contributed by atoms with Gasteiger partial charge in [-0.1, -0.05) is 18.6 Å². The van der Waals surface area contributed by atoms with Gasteiger partial charge >= 0.3 is 5.97 Å². The molecule has 3 heterocycles. The third-order valence-electron chi connectivity index (χ3n) is 7.36. The zero-order valence-corrected chi connectivity index (χ0v) is 20.3. The van der Waals surface area contributed by atoms with Crippen LogP contribution in [0.25, 0.3) is 0 Å². The fourth-order valence-electron chi connectivity index (χ4n) is 5.79. The van der Waals surface area contributed by atoms with E-state index in [9.17, 15) is 9.90 Å². The minimum Gasteiger partial charge on any atom is -0.502 e. The summed E-state index contributed by atoms with van der Waals surface area (Å²) in [6, 6.07) is 7.13. The summed E-state index contributed by atoms with van der Waals surface area (Å²) in [5.74, 6) is 0.319. The molecule has 10 nitrogen and oxygen atoms in total. The van der Waals surface area contributed by atoms with Crippen LogP contribution in [0.1, 0.15) is 47.7 Å². The van der Waals surface area contributed by atoms with E-state index in [0.29, 0.717) is 11.5 Å². The van der Waals surface area contributed by atoms with E-state index in [1.807, 2.05) is 23.0 Å². The van der Waals surface area contributed by atoms with Crippen LogP contribution in [-0.4, -0.2) is 53.7 Å². The summed E-state index contributed by atoms with van der Waals surface area (Å²) in [7, 11) is 2.96. The van der Waals surface area contributed by atoms with E-state index >= 15 is 0 Å². The number of aryl methyl sites for hydroxylation is 1. The first-order valence-corrected chi connectivity index (χ1v) is 12.0. The number of esters is 1. The Balaban J connectivity index is 1.58. The van der Waals surface area contributed by atoms with Crippen LogP contribution in [0.2, 0.25) is 0 Å². The van der Waals surface area contributed by atoms with Gasteiger partial charge in [-0.15, -0.1) is 5.10 Å². The third kappa shape index (κ3) is 3.35. The molecule has 1 aromatic heterocycles. The normalized spacial score (nSPS) is 23.7. The molecule has 1 saturated heterocycles. The van der Waals surface area contributed by atoms with Gasteiger partial charge in [0.2, 0.25) is 12.5 Å². The molecule has 1 aliphatic carbocycles. The first-order chi connectivity index (χ1) is 17.5. The minimum atomic E-state index is -0.499. The van der Waals surface area contributed by atoms with Crippen LogP contribution in [0.5, 0.6) is 28.7 Å². The second-order valence-corrected chi connectivity index (χ2v) is 9.29. The molecular formula is C26H27N3O7. The number of aromatic nitrogens is 3. The monoisotopic (exact) mass is 493 g/mol. The van der Waals surface area contributed by atoms with Crippen LogP contribution < -0.4 is 18.9 Å². The average molecular weight is 494 g/mol. The van der Waals surface area contributed by atoms with Crippen molar-refractivity contribution in [2.24, 2.45) is 11.8 Å². The minimum absolute atomic E-state index is 0.0973. The molecule has 3 aliphatic rings. The molecular weight excluding hydrogens is 466 g/mol. The van der Waals surface area contributed by atoms with Crippen LogP contribution in [0.4, 0.5) is 0 Å². The Morgan fingerprint density at radius 1 is 1.06 bits per heavy atom. The molecule has 6 rings (SSSR count). The van der Waals surface area contributed by atoms with E-state index in [1.165, 1.54) is 14.2 Å². The molecule has 36 heavy (non-hydrogen) atoms. The quantitative estimate of drug-likeness (QED) is 0.517. The number of cyclic esters (lactones) is 1. The molecule has 0 unspecified atom stereocenters. The topological polar surface area (TPSA) is 114 Å². The lowest BCUT2D eigenvalue weighted by Gasteiger charge is -2.39. The molecule has 0 amide bonds. The second-order valence-electron chi connectivity index (χ2n) is 9.29. The summed E-state index contributed by atoms with van der Waals surface area (Å²) in [6.45, 7) is 2.49. The number of methoxy groups -OCH3 is 2. The van der Waals surface area contributed by atoms with E-state index < -0.39 is 11.8 Å². The molecule has 2 aromatic carbocycles. The zero-order chi connectivity index (χ0) is 25.0. The first-order valence-electron chi connectivity index (χ1n) is 12.0. The number of phenolic OH excluding ortho intramolecular Hbond substituents is 1. The number of aromatic hydroxyl groups is 1. The van der Waals surface area contributed by atoms with Crippen molar-refractivity contribution in [3.8, 4) is 28.7 Å². The van der Waals surface area contributed by atoms with Crippen molar-refractivity contribution < 1.29 is 33.6 Å². The molecule has 1 N–H and O–H groups in total. The summed E-state index contributed by atoms with van der Waals surface area (Å²) in [6.07, 6.45) is 3.73. The van der Waals surface area contributed by atoms with Gasteiger partial charge in [-0.2, -0.15) is 0 Å². The highest BCUT2D eigenvalue weighted by molar-refractivity contribution is 5.79. The molecule has 10 heteroatoms. The SMILES string of the molecule is CCCc1cn([C@@H]2c3cc4c(cc3[C@@H](c3cc(OC)c(O)c(OC)c3)[C@H]3C(=O)OC[C@@H]32)OCO4)nn1. The van der Waals surface area contributed by atoms with E-state index in [4.69, 9.17) is 23.7 Å². The number of carbonyl (C=O) groups is 1. The average Bonchev–Trinajstić information content (AvgIpc) is 3.62. The van der Waals surface area contributed by atoms with Gasteiger partial charge in [0.15, 0.2) is 23.0 Å². The largest absolute Gasteiger partial charge is 0.502 e. The lowest BCUT2D eigenvalue weighted by atomic mass is 9.65. The Labute approximate surface area is 207 Å². The number of fused-ring (bicyclic) bond motifs is 3. The van der Waals surface area contributed by atoms with Gasteiger partial charge in [-0.3, -0.25) is 4.79 Å². The number of ether oxygens (including phenoxy) is 5. The lowest BCUT2D eigenvalue weighted by Crippen LogP contribution is -2.37. The van der Waals surface area contributed by atoms with Crippen molar-refractivity contribution >= 4 is 5.97 Å². The number of nitrogens with zero attached hydrogens (tertiary/aromatic N) is 3. The number of hydrogen-bond donors (Lipinski definition) is 1. The molecule has 0 spiro atoms. The predicted molar refractivity (Wildman–Crippen MR) is 126 cm³/mol. The predicted octanol–water partition coefficient (Wildman–Crippen LogP) is 3.21. The van der Waals surface area contributed by atoms with E-state index in [2.05, 4.69) is 17.2 Å². The number of carbonyl (C=O) groups excluding carboxylic acids is 1. The Bertz CT molecular complexity index is 1310. The van der Waals surface area contributed by atoms with Gasteiger partial charge in [-0.25, -0.2) is 4.68 Å². The van der Waals surface area contributed by atoms with Crippen LogP contribution >= 0.6 is 0 Å². The fourth-order valence-corrected chi connectivity index (χ4v) is 5.79. The fraction of sp³-hybridized carbons (Fsp3) is 0.423. The number of hydrogen-bond acceptors (Lipinski definition) is 9. The van der Waals surface area contributed by atoms with E-state index in [1.54, 1.807) is 12.1 Å². The Hall–Kier alpha value is -3.95. The second kappa shape index (κ2) is 8.61. The van der Waals surface area contributed by atoms with Crippen LogP contribution in [-0.2, 0) is 16.0 Å². The van der Waals surface area contributed by atoms with Gasteiger partial charge in [0.25, 0.3) is 0 Å². The maximum absolute atomic E-state index is 13.3. The highest BCUT2D eigenvalue weighted by Crippen LogP contribution is 2.56. The maximum Gasteiger partial charge on any atom is 0.310 e. The van der Waals surface area contributed by atoms with Crippen LogP contribution in [0, 0.1) is 11.8 Å². The zero-order valence-electron chi connectivity index (χ0n) is 20.3. The molecule has 0 bridgehead atoms. The molecule has 3 aromatic rings.